The Morgan fingerprint density at radius 2 is 2.12 bits per heavy atom. The summed E-state index contributed by atoms with van der Waals surface area (Å²) < 4.78 is 12.7. The molecule has 1 heterocycles. The SMILES string of the molecule is CCCCc1nc2ccc(Br)cc2c(=O)n1N=Cc1cc(Cl)c(OCC(N)=O)c(OC)c1. The van der Waals surface area contributed by atoms with E-state index in [-0.39, 0.29) is 22.9 Å². The minimum atomic E-state index is -0.636. The second kappa shape index (κ2) is 10.6. The summed E-state index contributed by atoms with van der Waals surface area (Å²) in [6.07, 6.45) is 3.93. The highest BCUT2D eigenvalue weighted by molar-refractivity contribution is 9.10. The topological polar surface area (TPSA) is 109 Å². The van der Waals surface area contributed by atoms with Gasteiger partial charge in [0.1, 0.15) is 5.82 Å². The molecule has 1 amide bonds. The molecule has 2 aromatic carbocycles. The average molecular weight is 522 g/mol. The molecule has 8 nitrogen and oxygen atoms in total. The van der Waals surface area contributed by atoms with Gasteiger partial charge in [-0.1, -0.05) is 40.9 Å². The maximum Gasteiger partial charge on any atom is 0.282 e. The van der Waals surface area contributed by atoms with Gasteiger partial charge in [-0.2, -0.15) is 9.78 Å². The Kier molecular flexibility index (Phi) is 7.87. The van der Waals surface area contributed by atoms with E-state index in [1.54, 1.807) is 24.3 Å². The zero-order valence-corrected chi connectivity index (χ0v) is 19.9. The molecule has 168 valence electrons. The van der Waals surface area contributed by atoms with E-state index < -0.39 is 5.91 Å². The number of aryl methyl sites for hydroxylation is 1. The Hall–Kier alpha value is -2.91. The number of nitrogens with two attached hydrogens (primary N) is 1. The number of fused-ring (bicyclic) bond motifs is 1. The molecule has 2 N–H and O–H groups in total. The third-order valence-corrected chi connectivity index (χ3v) is 5.34. The van der Waals surface area contributed by atoms with Crippen molar-refractivity contribution in [2.45, 2.75) is 26.2 Å². The van der Waals surface area contributed by atoms with Crippen LogP contribution in [0.1, 0.15) is 31.2 Å². The number of benzene rings is 2. The van der Waals surface area contributed by atoms with Crippen molar-refractivity contribution in [2.24, 2.45) is 10.8 Å². The number of rotatable bonds is 9. The van der Waals surface area contributed by atoms with Crippen molar-refractivity contribution < 1.29 is 14.3 Å². The third kappa shape index (κ3) is 5.46. The molecule has 0 spiro atoms. The number of methoxy groups -OCH3 is 1. The van der Waals surface area contributed by atoms with Crippen molar-refractivity contribution >= 4 is 50.6 Å². The number of hydrogen-bond acceptors (Lipinski definition) is 6. The van der Waals surface area contributed by atoms with E-state index in [1.807, 2.05) is 6.07 Å². The first-order valence-corrected chi connectivity index (χ1v) is 11.0. The fourth-order valence-corrected chi connectivity index (χ4v) is 3.67. The van der Waals surface area contributed by atoms with Gasteiger partial charge in [-0.3, -0.25) is 9.59 Å². The van der Waals surface area contributed by atoms with Crippen LogP contribution in [0.3, 0.4) is 0 Å². The van der Waals surface area contributed by atoms with Crippen LogP contribution in [0.15, 0.2) is 44.7 Å². The summed E-state index contributed by atoms with van der Waals surface area (Å²) in [6, 6.07) is 8.60. The molecule has 1 aromatic heterocycles. The van der Waals surface area contributed by atoms with Gasteiger partial charge in [0.15, 0.2) is 18.1 Å². The lowest BCUT2D eigenvalue weighted by Gasteiger charge is -2.12. The molecular weight excluding hydrogens is 500 g/mol. The quantitative estimate of drug-likeness (QED) is 0.430. The van der Waals surface area contributed by atoms with Crippen molar-refractivity contribution in [2.75, 3.05) is 13.7 Å². The summed E-state index contributed by atoms with van der Waals surface area (Å²) in [5.41, 5.74) is 6.05. The Morgan fingerprint density at radius 3 is 2.81 bits per heavy atom. The summed E-state index contributed by atoms with van der Waals surface area (Å²) in [5.74, 6) is 0.438. The first-order valence-electron chi connectivity index (χ1n) is 9.88. The van der Waals surface area contributed by atoms with Crippen LogP contribution in [-0.4, -0.2) is 35.5 Å². The molecule has 0 radical (unpaired) electrons. The lowest BCUT2D eigenvalue weighted by atomic mass is 10.2. The number of carbonyl (C=O) groups is 1. The van der Waals surface area contributed by atoms with Crippen LogP contribution in [0.2, 0.25) is 5.02 Å². The van der Waals surface area contributed by atoms with Gasteiger partial charge in [0.2, 0.25) is 0 Å². The highest BCUT2D eigenvalue weighted by atomic mass is 79.9. The number of primary amides is 1. The maximum atomic E-state index is 13.2. The van der Waals surface area contributed by atoms with E-state index in [0.29, 0.717) is 34.5 Å². The van der Waals surface area contributed by atoms with E-state index >= 15 is 0 Å². The zero-order valence-electron chi connectivity index (χ0n) is 17.6. The number of unbranched alkanes of at least 4 members (excludes halogenated alkanes) is 1. The van der Waals surface area contributed by atoms with Gasteiger partial charge in [0, 0.05) is 10.9 Å². The maximum absolute atomic E-state index is 13.2. The van der Waals surface area contributed by atoms with E-state index in [2.05, 4.69) is 32.9 Å². The molecule has 0 aliphatic heterocycles. The van der Waals surface area contributed by atoms with Gasteiger partial charge in [-0.25, -0.2) is 4.98 Å². The van der Waals surface area contributed by atoms with Gasteiger partial charge >= 0.3 is 0 Å². The zero-order chi connectivity index (χ0) is 23.3. The average Bonchev–Trinajstić information content (AvgIpc) is 2.76. The number of aromatic nitrogens is 2. The van der Waals surface area contributed by atoms with Crippen LogP contribution in [0.25, 0.3) is 10.9 Å². The van der Waals surface area contributed by atoms with Gasteiger partial charge in [-0.05, 0) is 42.3 Å². The lowest BCUT2D eigenvalue weighted by Crippen LogP contribution is -2.22. The van der Waals surface area contributed by atoms with Gasteiger partial charge in [-0.15, -0.1) is 0 Å². The van der Waals surface area contributed by atoms with E-state index in [9.17, 15) is 9.59 Å². The minimum absolute atomic E-state index is 0.197. The summed E-state index contributed by atoms with van der Waals surface area (Å²) in [5, 5.41) is 5.08. The molecule has 3 aromatic rings. The molecule has 0 saturated carbocycles. The number of amides is 1. The molecule has 0 aliphatic rings. The highest BCUT2D eigenvalue weighted by Gasteiger charge is 2.14. The number of halogens is 2. The minimum Gasteiger partial charge on any atom is -0.493 e. The Labute approximate surface area is 198 Å². The van der Waals surface area contributed by atoms with Crippen LogP contribution < -0.4 is 20.8 Å². The molecule has 32 heavy (non-hydrogen) atoms. The second-order valence-electron chi connectivity index (χ2n) is 6.94. The predicted molar refractivity (Wildman–Crippen MR) is 128 cm³/mol. The smallest absolute Gasteiger partial charge is 0.282 e. The summed E-state index contributed by atoms with van der Waals surface area (Å²) in [4.78, 5) is 28.8. The molecule has 0 saturated heterocycles. The molecule has 0 aliphatic carbocycles. The van der Waals surface area contributed by atoms with E-state index in [1.165, 1.54) is 18.0 Å². The molecule has 3 rings (SSSR count). The molecule has 0 atom stereocenters. The number of hydrogen-bond donors (Lipinski definition) is 1. The standard InChI is InChI=1S/C22H22BrClN4O4/c1-3-4-5-20-27-17-7-6-14(23)10-15(17)22(30)28(20)26-11-13-8-16(24)21(18(9-13)31-2)32-12-19(25)29/h6-11H,3-5,12H2,1-2H3,(H2,25,29). The fourth-order valence-electron chi connectivity index (χ4n) is 3.03. The van der Waals surface area contributed by atoms with Gasteiger partial charge in [0.05, 0.1) is 29.2 Å². The highest BCUT2D eigenvalue weighted by Crippen LogP contribution is 2.36. The summed E-state index contributed by atoms with van der Waals surface area (Å²) in [7, 11) is 1.45. The number of carbonyl (C=O) groups excluding carboxylic acids is 1. The second-order valence-corrected chi connectivity index (χ2v) is 8.27. The molecule has 10 heteroatoms. The van der Waals surface area contributed by atoms with E-state index in [0.717, 1.165) is 17.3 Å². The van der Waals surface area contributed by atoms with Crippen molar-refractivity contribution in [3.05, 3.63) is 61.6 Å². The van der Waals surface area contributed by atoms with Crippen molar-refractivity contribution in [3.8, 4) is 11.5 Å². The van der Waals surface area contributed by atoms with Gasteiger partial charge in [0.25, 0.3) is 11.5 Å². The van der Waals surface area contributed by atoms with Crippen LogP contribution in [-0.2, 0) is 11.2 Å². The number of ether oxygens (including phenoxy) is 2. The molecule has 0 unspecified atom stereocenters. The van der Waals surface area contributed by atoms with Crippen molar-refractivity contribution in [1.29, 1.82) is 0 Å². The van der Waals surface area contributed by atoms with Crippen LogP contribution in [0.4, 0.5) is 0 Å². The molecule has 0 fully saturated rings. The lowest BCUT2D eigenvalue weighted by molar-refractivity contribution is -0.119. The Morgan fingerprint density at radius 1 is 1.34 bits per heavy atom. The number of nitrogens with zero attached hydrogens (tertiary/aromatic N) is 3. The Balaban J connectivity index is 2.05. The Bertz CT molecular complexity index is 1240. The van der Waals surface area contributed by atoms with Crippen LogP contribution >= 0.6 is 27.5 Å². The third-order valence-electron chi connectivity index (χ3n) is 4.56. The van der Waals surface area contributed by atoms with Gasteiger partial charge < -0.3 is 15.2 Å². The van der Waals surface area contributed by atoms with Crippen LogP contribution in [0.5, 0.6) is 11.5 Å². The molecule has 0 bridgehead atoms. The summed E-state index contributed by atoms with van der Waals surface area (Å²) >= 11 is 9.70. The van der Waals surface area contributed by atoms with E-state index in [4.69, 9.17) is 26.8 Å². The first-order chi connectivity index (χ1) is 15.3. The first kappa shape index (κ1) is 23.7. The van der Waals surface area contributed by atoms with Crippen LogP contribution in [0, 0.1) is 0 Å². The predicted octanol–water partition coefficient (Wildman–Crippen LogP) is 3.91. The van der Waals surface area contributed by atoms with Crippen molar-refractivity contribution in [3.63, 3.8) is 0 Å². The summed E-state index contributed by atoms with van der Waals surface area (Å²) in [6.45, 7) is 1.73. The monoisotopic (exact) mass is 520 g/mol. The normalized spacial score (nSPS) is 11.2. The molecular formula is C22H22BrClN4O4. The largest absolute Gasteiger partial charge is 0.493 e. The van der Waals surface area contributed by atoms with Crippen molar-refractivity contribution in [1.82, 2.24) is 9.66 Å². The fraction of sp³-hybridized carbons (Fsp3) is 0.273.